The Morgan fingerprint density at radius 3 is 1.55 bits per heavy atom. The zero-order chi connectivity index (χ0) is 15.6. The fraction of sp³-hybridized carbons (Fsp3) is 0.857. The van der Waals surface area contributed by atoms with Crippen molar-refractivity contribution >= 4 is 12.1 Å². The summed E-state index contributed by atoms with van der Waals surface area (Å²) in [4.78, 5) is 12.5. The SMILES string of the molecule is CCCCCCCCCCCCN=C(N)N.O=C(O)O. The number of guanidine groups is 1. The van der Waals surface area contributed by atoms with E-state index in [1.54, 1.807) is 0 Å². The van der Waals surface area contributed by atoms with Crippen molar-refractivity contribution < 1.29 is 15.0 Å². The molecule has 6 nitrogen and oxygen atoms in total. The first-order valence-corrected chi connectivity index (χ1v) is 7.48. The van der Waals surface area contributed by atoms with E-state index in [2.05, 4.69) is 11.9 Å². The van der Waals surface area contributed by atoms with Gasteiger partial charge < -0.3 is 21.7 Å². The van der Waals surface area contributed by atoms with Gasteiger partial charge in [0.2, 0.25) is 0 Å². The summed E-state index contributed by atoms with van der Waals surface area (Å²) < 4.78 is 0. The summed E-state index contributed by atoms with van der Waals surface area (Å²) >= 11 is 0. The average molecular weight is 289 g/mol. The Labute approximate surface area is 122 Å². The van der Waals surface area contributed by atoms with E-state index in [4.69, 9.17) is 26.5 Å². The molecule has 0 aliphatic rings. The molecule has 0 aromatic rings. The zero-order valence-electron chi connectivity index (χ0n) is 12.7. The number of nitrogens with zero attached hydrogens (tertiary/aromatic N) is 1. The molecule has 0 bridgehead atoms. The number of carbonyl (C=O) groups is 1. The first kappa shape index (κ1) is 20.8. The zero-order valence-corrected chi connectivity index (χ0v) is 12.7. The number of hydrogen-bond donors (Lipinski definition) is 4. The molecule has 0 aliphatic heterocycles. The second-order valence-corrected chi connectivity index (χ2v) is 4.77. The third kappa shape index (κ3) is 30.0. The van der Waals surface area contributed by atoms with Crippen LogP contribution in [0.2, 0.25) is 0 Å². The van der Waals surface area contributed by atoms with Gasteiger partial charge in [0.15, 0.2) is 5.96 Å². The van der Waals surface area contributed by atoms with Crippen LogP contribution in [-0.2, 0) is 0 Å². The van der Waals surface area contributed by atoms with Gasteiger partial charge in [-0.2, -0.15) is 0 Å². The van der Waals surface area contributed by atoms with Crippen LogP contribution in [0, 0.1) is 0 Å². The van der Waals surface area contributed by atoms with Crippen molar-refractivity contribution in [2.75, 3.05) is 6.54 Å². The maximum absolute atomic E-state index is 8.56. The fourth-order valence-corrected chi connectivity index (χ4v) is 1.81. The smallest absolute Gasteiger partial charge is 0.450 e. The highest BCUT2D eigenvalue weighted by atomic mass is 16.6. The van der Waals surface area contributed by atoms with Gasteiger partial charge in [-0.15, -0.1) is 0 Å². The Kier molecular flexibility index (Phi) is 18.3. The normalized spacial score (nSPS) is 9.45. The summed E-state index contributed by atoms with van der Waals surface area (Å²) in [5.41, 5.74) is 10.5. The number of hydrogen-bond acceptors (Lipinski definition) is 2. The number of carboxylic acid groups (broad SMARTS) is 2. The predicted octanol–water partition coefficient (Wildman–Crippen LogP) is 3.40. The first-order chi connectivity index (χ1) is 9.50. The minimum Gasteiger partial charge on any atom is -0.450 e. The number of rotatable bonds is 11. The summed E-state index contributed by atoms with van der Waals surface area (Å²) in [6, 6.07) is 0. The monoisotopic (exact) mass is 289 g/mol. The lowest BCUT2D eigenvalue weighted by molar-refractivity contribution is 0.137. The number of aliphatic imine (C=N–C) groups is 1. The maximum atomic E-state index is 8.56. The Morgan fingerprint density at radius 2 is 1.20 bits per heavy atom. The van der Waals surface area contributed by atoms with Crippen molar-refractivity contribution in [1.82, 2.24) is 0 Å². The molecule has 0 saturated heterocycles. The third-order valence-corrected chi connectivity index (χ3v) is 2.81. The molecule has 0 spiro atoms. The largest absolute Gasteiger partial charge is 0.503 e. The average Bonchev–Trinajstić information content (AvgIpc) is 2.35. The molecular formula is C14H31N3O3. The Morgan fingerprint density at radius 1 is 0.850 bits per heavy atom. The second-order valence-electron chi connectivity index (χ2n) is 4.77. The molecule has 6 heteroatoms. The van der Waals surface area contributed by atoms with E-state index in [1.165, 1.54) is 57.8 Å². The molecule has 0 amide bonds. The predicted molar refractivity (Wildman–Crippen MR) is 83.2 cm³/mol. The summed E-state index contributed by atoms with van der Waals surface area (Å²) in [6.07, 6.45) is 11.6. The molecule has 0 aliphatic carbocycles. The van der Waals surface area contributed by atoms with E-state index < -0.39 is 6.16 Å². The molecule has 0 unspecified atom stereocenters. The van der Waals surface area contributed by atoms with Gasteiger partial charge in [-0.05, 0) is 6.42 Å². The summed E-state index contributed by atoms with van der Waals surface area (Å²) in [7, 11) is 0. The molecule has 0 fully saturated rings. The van der Waals surface area contributed by atoms with Gasteiger partial charge in [0.1, 0.15) is 0 Å². The Balaban J connectivity index is 0. The van der Waals surface area contributed by atoms with E-state index in [0.29, 0.717) is 0 Å². The van der Waals surface area contributed by atoms with Crippen LogP contribution >= 0.6 is 0 Å². The van der Waals surface area contributed by atoms with Gasteiger partial charge in [0.25, 0.3) is 0 Å². The van der Waals surface area contributed by atoms with Gasteiger partial charge >= 0.3 is 6.16 Å². The van der Waals surface area contributed by atoms with Crippen molar-refractivity contribution in [3.05, 3.63) is 0 Å². The van der Waals surface area contributed by atoms with E-state index in [1.807, 2.05) is 0 Å². The lowest BCUT2D eigenvalue weighted by Gasteiger charge is -2.01. The molecule has 0 atom stereocenters. The summed E-state index contributed by atoms with van der Waals surface area (Å²) in [5.74, 6) is 0.218. The van der Waals surface area contributed by atoms with Crippen LogP contribution in [0.3, 0.4) is 0 Å². The van der Waals surface area contributed by atoms with Gasteiger partial charge in [0.05, 0.1) is 0 Å². The van der Waals surface area contributed by atoms with Gasteiger partial charge in [0, 0.05) is 6.54 Å². The minimum atomic E-state index is -1.83. The molecule has 0 rings (SSSR count). The molecular weight excluding hydrogens is 258 g/mol. The van der Waals surface area contributed by atoms with Crippen LogP contribution < -0.4 is 11.5 Å². The number of unbranched alkanes of at least 4 members (excludes halogenated alkanes) is 9. The van der Waals surface area contributed by atoms with Crippen LogP contribution in [0.1, 0.15) is 71.1 Å². The van der Waals surface area contributed by atoms with Gasteiger partial charge in [-0.1, -0.05) is 64.7 Å². The van der Waals surface area contributed by atoms with E-state index in [0.717, 1.165) is 13.0 Å². The van der Waals surface area contributed by atoms with Crippen molar-refractivity contribution in [3.8, 4) is 0 Å². The van der Waals surface area contributed by atoms with E-state index in [-0.39, 0.29) is 5.96 Å². The summed E-state index contributed by atoms with van der Waals surface area (Å²) in [5, 5.41) is 13.9. The van der Waals surface area contributed by atoms with Crippen molar-refractivity contribution in [2.24, 2.45) is 16.5 Å². The van der Waals surface area contributed by atoms with E-state index in [9.17, 15) is 0 Å². The standard InChI is InChI=1S/C13H29N3.CH2O3/c1-2-3-4-5-6-7-8-9-10-11-12-16-13(14)15;2-1(3)4/h2-12H2,1H3,(H4,14,15,16);(H2,2,3,4). The third-order valence-electron chi connectivity index (χ3n) is 2.81. The van der Waals surface area contributed by atoms with E-state index >= 15 is 0 Å². The van der Waals surface area contributed by atoms with Crippen LogP contribution in [0.5, 0.6) is 0 Å². The first-order valence-electron chi connectivity index (χ1n) is 7.48. The van der Waals surface area contributed by atoms with Crippen LogP contribution in [0.4, 0.5) is 4.79 Å². The van der Waals surface area contributed by atoms with Gasteiger partial charge in [-0.3, -0.25) is 4.99 Å². The molecule has 20 heavy (non-hydrogen) atoms. The highest BCUT2D eigenvalue weighted by Crippen LogP contribution is 2.10. The van der Waals surface area contributed by atoms with Crippen LogP contribution in [0.25, 0.3) is 0 Å². The highest BCUT2D eigenvalue weighted by Gasteiger charge is 1.92. The molecule has 0 saturated carbocycles. The molecule has 120 valence electrons. The molecule has 0 heterocycles. The molecule has 0 aromatic heterocycles. The Hall–Kier alpha value is -1.46. The van der Waals surface area contributed by atoms with Crippen molar-refractivity contribution in [2.45, 2.75) is 71.1 Å². The van der Waals surface area contributed by atoms with Crippen LogP contribution in [-0.4, -0.2) is 28.9 Å². The topological polar surface area (TPSA) is 122 Å². The van der Waals surface area contributed by atoms with Crippen LogP contribution in [0.15, 0.2) is 4.99 Å². The van der Waals surface area contributed by atoms with Gasteiger partial charge in [-0.25, -0.2) is 4.79 Å². The fourth-order valence-electron chi connectivity index (χ4n) is 1.81. The lowest BCUT2D eigenvalue weighted by Crippen LogP contribution is -2.22. The lowest BCUT2D eigenvalue weighted by atomic mass is 10.1. The van der Waals surface area contributed by atoms with Crippen molar-refractivity contribution in [3.63, 3.8) is 0 Å². The minimum absolute atomic E-state index is 0.218. The molecule has 0 aromatic carbocycles. The second kappa shape index (κ2) is 17.5. The molecule has 6 N–H and O–H groups in total. The highest BCUT2D eigenvalue weighted by molar-refractivity contribution is 5.75. The van der Waals surface area contributed by atoms with Crippen molar-refractivity contribution in [1.29, 1.82) is 0 Å². The Bertz CT molecular complexity index is 238. The quantitative estimate of drug-likeness (QED) is 0.264. The maximum Gasteiger partial charge on any atom is 0.503 e. The number of nitrogens with two attached hydrogens (primary N) is 2. The molecule has 0 radical (unpaired) electrons. The summed E-state index contributed by atoms with van der Waals surface area (Å²) in [6.45, 7) is 3.05.